The summed E-state index contributed by atoms with van der Waals surface area (Å²) in [6, 6.07) is 9.77. The van der Waals surface area contributed by atoms with Crippen LogP contribution in [0.15, 0.2) is 35.3 Å². The number of hydrogen-bond acceptors (Lipinski definition) is 4. The van der Waals surface area contributed by atoms with Crippen molar-refractivity contribution in [1.82, 2.24) is 4.57 Å². The summed E-state index contributed by atoms with van der Waals surface area (Å²) in [5.74, 6) is -0.0816. The van der Waals surface area contributed by atoms with Gasteiger partial charge in [-0.05, 0) is 70.2 Å². The Hall–Kier alpha value is -2.86. The van der Waals surface area contributed by atoms with Crippen molar-refractivity contribution in [3.63, 3.8) is 0 Å². The number of hydrogen-bond donors (Lipinski definition) is 1. The Morgan fingerprint density at radius 1 is 1.27 bits per heavy atom. The summed E-state index contributed by atoms with van der Waals surface area (Å²) in [4.78, 5) is 18.0. The van der Waals surface area contributed by atoms with Crippen molar-refractivity contribution in [2.24, 2.45) is 4.99 Å². The van der Waals surface area contributed by atoms with E-state index in [-0.39, 0.29) is 0 Å². The van der Waals surface area contributed by atoms with Crippen molar-refractivity contribution in [2.45, 2.75) is 46.5 Å². The predicted octanol–water partition coefficient (Wildman–Crippen LogP) is 5.88. The summed E-state index contributed by atoms with van der Waals surface area (Å²) in [6.07, 6.45) is 5.86. The number of thiophene rings is 1. The Balaban J connectivity index is 1.76. The molecule has 1 aliphatic carbocycles. The van der Waals surface area contributed by atoms with Crippen molar-refractivity contribution in [3.05, 3.63) is 63.3 Å². The fraction of sp³-hybridized carbons (Fsp3) is 0.333. The van der Waals surface area contributed by atoms with E-state index in [2.05, 4.69) is 15.6 Å². The average Bonchev–Trinajstić information content (AvgIpc) is 3.24. The number of aromatic carboxylic acids is 1. The summed E-state index contributed by atoms with van der Waals surface area (Å²) >= 11 is 1.63. The molecule has 0 unspecified atom stereocenters. The highest BCUT2D eigenvalue weighted by atomic mass is 32.1. The topological polar surface area (TPSA) is 63.8 Å². The normalized spacial score (nSPS) is 13.6. The number of nitrogens with zero attached hydrogens (tertiary/aromatic N) is 2. The number of aryl methyl sites for hydroxylation is 2. The number of ether oxygens (including phenoxy) is 1. The Bertz CT molecular complexity index is 1120. The van der Waals surface area contributed by atoms with E-state index in [1.165, 1.54) is 4.88 Å². The average molecular weight is 423 g/mol. The van der Waals surface area contributed by atoms with E-state index in [1.807, 2.05) is 51.3 Å². The molecule has 0 radical (unpaired) electrons. The van der Waals surface area contributed by atoms with Crippen molar-refractivity contribution in [1.29, 1.82) is 0 Å². The summed E-state index contributed by atoms with van der Waals surface area (Å²) in [6.45, 7) is 6.58. The van der Waals surface area contributed by atoms with Crippen LogP contribution in [-0.2, 0) is 12.8 Å². The quantitative estimate of drug-likeness (QED) is 0.504. The second-order valence-electron chi connectivity index (χ2n) is 7.52. The Morgan fingerprint density at radius 3 is 2.80 bits per heavy atom. The lowest BCUT2D eigenvalue weighted by Crippen LogP contribution is -2.09. The van der Waals surface area contributed by atoms with Crippen LogP contribution in [0.25, 0.3) is 5.00 Å². The molecule has 2 heterocycles. The molecule has 0 spiro atoms. The lowest BCUT2D eigenvalue weighted by molar-refractivity contribution is 0.0696. The lowest BCUT2D eigenvalue weighted by Gasteiger charge is -2.11. The molecular formula is C24H26N2O3S. The van der Waals surface area contributed by atoms with Gasteiger partial charge in [0.1, 0.15) is 16.4 Å². The zero-order valence-corrected chi connectivity index (χ0v) is 18.4. The van der Waals surface area contributed by atoms with Gasteiger partial charge in [0.25, 0.3) is 0 Å². The van der Waals surface area contributed by atoms with E-state index in [0.717, 1.165) is 64.6 Å². The Labute approximate surface area is 180 Å². The van der Waals surface area contributed by atoms with Crippen LogP contribution in [0.1, 0.15) is 57.5 Å². The lowest BCUT2D eigenvalue weighted by atomic mass is 9.95. The molecular weight excluding hydrogens is 396 g/mol. The molecule has 4 rings (SSSR count). The fourth-order valence-corrected chi connectivity index (χ4v) is 5.63. The molecule has 6 heteroatoms. The van der Waals surface area contributed by atoms with Crippen molar-refractivity contribution in [3.8, 4) is 10.8 Å². The van der Waals surface area contributed by atoms with E-state index in [0.29, 0.717) is 12.2 Å². The molecule has 0 aliphatic heterocycles. The van der Waals surface area contributed by atoms with Crippen molar-refractivity contribution < 1.29 is 14.6 Å². The highest BCUT2D eigenvalue weighted by molar-refractivity contribution is 7.15. The number of carbonyl (C=O) groups is 1. The van der Waals surface area contributed by atoms with Gasteiger partial charge in [0.15, 0.2) is 0 Å². The van der Waals surface area contributed by atoms with Gasteiger partial charge < -0.3 is 14.4 Å². The zero-order valence-electron chi connectivity index (χ0n) is 17.6. The van der Waals surface area contributed by atoms with Crippen molar-refractivity contribution >= 4 is 29.2 Å². The molecule has 3 aromatic rings. The number of carboxylic acids is 1. The third-order valence-electron chi connectivity index (χ3n) is 5.55. The van der Waals surface area contributed by atoms with Gasteiger partial charge >= 0.3 is 5.97 Å². The van der Waals surface area contributed by atoms with E-state index < -0.39 is 5.97 Å². The van der Waals surface area contributed by atoms with Gasteiger partial charge in [0.05, 0.1) is 12.2 Å². The maximum Gasteiger partial charge on any atom is 0.339 e. The van der Waals surface area contributed by atoms with Crippen molar-refractivity contribution in [2.75, 3.05) is 6.61 Å². The molecule has 156 valence electrons. The molecule has 1 N–H and O–H groups in total. The van der Waals surface area contributed by atoms with Gasteiger partial charge in [-0.15, -0.1) is 11.3 Å². The maximum atomic E-state index is 12.1. The third kappa shape index (κ3) is 3.67. The van der Waals surface area contributed by atoms with E-state index in [1.54, 1.807) is 11.3 Å². The molecule has 0 saturated heterocycles. The van der Waals surface area contributed by atoms with Crippen LogP contribution >= 0.6 is 11.3 Å². The number of aromatic nitrogens is 1. The molecule has 0 fully saturated rings. The van der Waals surface area contributed by atoms with Crippen LogP contribution in [0.3, 0.4) is 0 Å². The number of carboxylic acid groups (broad SMARTS) is 1. The first-order chi connectivity index (χ1) is 14.5. The Morgan fingerprint density at radius 2 is 2.03 bits per heavy atom. The van der Waals surface area contributed by atoms with Gasteiger partial charge in [-0.2, -0.15) is 0 Å². The van der Waals surface area contributed by atoms with Crippen LogP contribution in [0.5, 0.6) is 5.75 Å². The molecule has 0 atom stereocenters. The minimum Gasteiger partial charge on any atom is -0.492 e. The Kier molecular flexibility index (Phi) is 5.77. The van der Waals surface area contributed by atoms with E-state index in [4.69, 9.17) is 4.74 Å². The number of para-hydroxylation sites is 2. The molecule has 5 nitrogen and oxygen atoms in total. The van der Waals surface area contributed by atoms with Gasteiger partial charge in [0, 0.05) is 28.0 Å². The monoisotopic (exact) mass is 422 g/mol. The van der Waals surface area contributed by atoms with Gasteiger partial charge in [-0.3, -0.25) is 4.99 Å². The summed E-state index contributed by atoms with van der Waals surface area (Å²) < 4.78 is 7.73. The molecule has 2 aromatic heterocycles. The highest BCUT2D eigenvalue weighted by Gasteiger charge is 2.27. The fourth-order valence-electron chi connectivity index (χ4n) is 4.14. The van der Waals surface area contributed by atoms with Gasteiger partial charge in [-0.25, -0.2) is 4.79 Å². The summed E-state index contributed by atoms with van der Waals surface area (Å²) in [5, 5.41) is 10.8. The maximum absolute atomic E-state index is 12.1. The largest absolute Gasteiger partial charge is 0.492 e. The van der Waals surface area contributed by atoms with Crippen LogP contribution in [-0.4, -0.2) is 28.5 Å². The zero-order chi connectivity index (χ0) is 21.3. The summed E-state index contributed by atoms with van der Waals surface area (Å²) in [7, 11) is 0. The second kappa shape index (κ2) is 8.48. The van der Waals surface area contributed by atoms with Gasteiger partial charge in [-0.1, -0.05) is 12.1 Å². The summed E-state index contributed by atoms with van der Waals surface area (Å²) in [5.41, 5.74) is 5.26. The van der Waals surface area contributed by atoms with Crippen LogP contribution in [0, 0.1) is 13.8 Å². The van der Waals surface area contributed by atoms with Gasteiger partial charge in [0.2, 0.25) is 0 Å². The standard InChI is InChI=1S/C24H26N2O3S/c1-4-29-20-11-7-6-10-19(20)25-14-17-13-15(2)26(16(17)3)23-22(24(27)28)18-9-5-8-12-21(18)30-23/h6-7,10-11,13-14H,4-5,8-9,12H2,1-3H3,(H,27,28). The number of aliphatic imine (C=N–C) groups is 1. The molecule has 1 aromatic carbocycles. The molecule has 30 heavy (non-hydrogen) atoms. The minimum atomic E-state index is -0.835. The number of rotatable bonds is 6. The first kappa shape index (κ1) is 20.4. The third-order valence-corrected chi connectivity index (χ3v) is 6.82. The minimum absolute atomic E-state index is 0.474. The van der Waals surface area contributed by atoms with E-state index in [9.17, 15) is 9.90 Å². The number of fused-ring (bicyclic) bond motifs is 1. The van der Waals surface area contributed by atoms with Crippen LogP contribution < -0.4 is 4.74 Å². The SMILES string of the molecule is CCOc1ccccc1N=Cc1cc(C)n(-c2sc3c(c2C(=O)O)CCCC3)c1C. The second-order valence-corrected chi connectivity index (χ2v) is 8.60. The number of benzene rings is 1. The predicted molar refractivity (Wildman–Crippen MR) is 122 cm³/mol. The molecule has 0 bridgehead atoms. The molecule has 1 aliphatic rings. The first-order valence-corrected chi connectivity index (χ1v) is 11.2. The smallest absolute Gasteiger partial charge is 0.339 e. The molecule has 0 saturated carbocycles. The first-order valence-electron chi connectivity index (χ1n) is 10.3. The van der Waals surface area contributed by atoms with Crippen LogP contribution in [0.4, 0.5) is 5.69 Å². The molecule has 0 amide bonds. The van der Waals surface area contributed by atoms with E-state index >= 15 is 0 Å². The highest BCUT2D eigenvalue weighted by Crippen LogP contribution is 2.38. The van der Waals surface area contributed by atoms with Crippen LogP contribution in [0.2, 0.25) is 0 Å².